The molecule has 1 aliphatic heterocycles. The van der Waals surface area contributed by atoms with Crippen molar-refractivity contribution in [3.05, 3.63) is 138 Å². The van der Waals surface area contributed by atoms with Crippen LogP contribution in [0.5, 0.6) is 11.5 Å². The van der Waals surface area contributed by atoms with E-state index in [0.29, 0.717) is 40.6 Å². The van der Waals surface area contributed by atoms with Crippen LogP contribution in [0.4, 0.5) is 11.6 Å². The minimum Gasteiger partial charge on any atom is -0.495 e. The van der Waals surface area contributed by atoms with E-state index in [4.69, 9.17) is 37.7 Å². The van der Waals surface area contributed by atoms with Crippen molar-refractivity contribution in [1.29, 1.82) is 0 Å². The molecule has 288 valence electrons. The first-order chi connectivity index (χ1) is 26.8. The predicted octanol–water partition coefficient (Wildman–Crippen LogP) is 7.84. The summed E-state index contributed by atoms with van der Waals surface area (Å²) in [6.07, 6.45) is 7.07. The molecule has 15 heteroatoms. The zero-order valence-electron chi connectivity index (χ0n) is 31.5. The average Bonchev–Trinajstić information content (AvgIpc) is 3.63. The van der Waals surface area contributed by atoms with Gasteiger partial charge in [0, 0.05) is 41.7 Å². The Kier molecular flexibility index (Phi) is 12.0. The van der Waals surface area contributed by atoms with E-state index >= 15 is 0 Å². The van der Waals surface area contributed by atoms with Gasteiger partial charge in [0.25, 0.3) is 5.56 Å². The number of hydrogen-bond donors (Lipinski definition) is 1. The number of ketones is 1. The van der Waals surface area contributed by atoms with Gasteiger partial charge in [0.1, 0.15) is 29.9 Å². The number of methoxy groups -OCH3 is 2. The molecule has 0 radical (unpaired) electrons. The zero-order valence-corrected chi connectivity index (χ0v) is 33.0. The van der Waals surface area contributed by atoms with Gasteiger partial charge in [0.2, 0.25) is 5.95 Å². The van der Waals surface area contributed by atoms with E-state index in [1.165, 1.54) is 14.2 Å². The first kappa shape index (κ1) is 39.8. The second kappa shape index (κ2) is 16.9. The Morgan fingerprint density at radius 2 is 1.77 bits per heavy atom. The van der Waals surface area contributed by atoms with E-state index < -0.39 is 16.5 Å². The SMILES string of the molecule is COc1cc(OC)c(Cl)c(-c2cc3cnc(Nc4ccccc4)nc3n(C(C)c3cccc(CC(=O)/C=C/C[N+](C)(C)CC4=C([N+](=O)[O-])N=CC4)c3)c2=O)c1Cl. The van der Waals surface area contributed by atoms with Crippen molar-refractivity contribution in [2.75, 3.05) is 46.7 Å². The van der Waals surface area contributed by atoms with Gasteiger partial charge in [-0.2, -0.15) is 4.98 Å². The maximum Gasteiger partial charge on any atom is 0.368 e. The minimum atomic E-state index is -0.587. The Balaban J connectivity index is 1.34. The summed E-state index contributed by atoms with van der Waals surface area (Å²) in [5.41, 5.74) is 3.29. The van der Waals surface area contributed by atoms with Gasteiger partial charge in [0.05, 0.1) is 62.1 Å². The summed E-state index contributed by atoms with van der Waals surface area (Å²) in [4.78, 5) is 52.1. The lowest BCUT2D eigenvalue weighted by Gasteiger charge is -2.28. The van der Waals surface area contributed by atoms with Gasteiger partial charge in [0.15, 0.2) is 5.78 Å². The summed E-state index contributed by atoms with van der Waals surface area (Å²) in [6.45, 7) is 2.80. The number of quaternary nitrogens is 1. The average molecular weight is 798 g/mol. The molecule has 2 aromatic heterocycles. The van der Waals surface area contributed by atoms with Crippen LogP contribution in [0.15, 0.2) is 106 Å². The van der Waals surface area contributed by atoms with E-state index in [0.717, 1.165) is 16.8 Å². The zero-order chi connectivity index (χ0) is 40.1. The number of nitrogens with zero attached hydrogens (tertiary/aromatic N) is 6. The Morgan fingerprint density at radius 1 is 1.05 bits per heavy atom. The van der Waals surface area contributed by atoms with Gasteiger partial charge < -0.3 is 29.4 Å². The number of anilines is 2. The molecular weight excluding hydrogens is 757 g/mol. The number of fused-ring (bicyclic) bond motifs is 1. The van der Waals surface area contributed by atoms with Crippen molar-refractivity contribution < 1.29 is 23.7 Å². The van der Waals surface area contributed by atoms with Crippen LogP contribution in [-0.4, -0.2) is 77.3 Å². The maximum absolute atomic E-state index is 14.8. The van der Waals surface area contributed by atoms with E-state index in [-0.39, 0.29) is 56.6 Å². The molecule has 3 heterocycles. The predicted molar refractivity (Wildman–Crippen MR) is 219 cm³/mol. The number of nitro groups is 1. The molecule has 0 saturated heterocycles. The van der Waals surface area contributed by atoms with Gasteiger partial charge >= 0.3 is 5.82 Å². The number of likely N-dealkylation sites (N-methyl/N-ethyl adjacent to an activating group) is 1. The minimum absolute atomic E-state index is 0.0998. The fourth-order valence-corrected chi connectivity index (χ4v) is 7.36. The monoisotopic (exact) mass is 796 g/mol. The van der Waals surface area contributed by atoms with Crippen molar-refractivity contribution in [2.24, 2.45) is 4.99 Å². The summed E-state index contributed by atoms with van der Waals surface area (Å²) >= 11 is 13.7. The number of aliphatic imine (C=N–C) groups is 1. The number of nitrogens with one attached hydrogen (secondary N) is 1. The molecular formula is C41H40Cl2N7O6+. The Labute approximate surface area is 333 Å². The highest BCUT2D eigenvalue weighted by atomic mass is 35.5. The summed E-state index contributed by atoms with van der Waals surface area (Å²) in [7, 11) is 6.81. The van der Waals surface area contributed by atoms with Crippen LogP contribution in [0.1, 0.15) is 30.5 Å². The number of ether oxygens (including phenoxy) is 2. The lowest BCUT2D eigenvalue weighted by molar-refractivity contribution is -0.880. The highest BCUT2D eigenvalue weighted by Gasteiger charge is 2.29. The largest absolute Gasteiger partial charge is 0.495 e. The molecule has 0 saturated carbocycles. The van der Waals surface area contributed by atoms with Gasteiger partial charge in [-0.05, 0) is 53.3 Å². The molecule has 3 aromatic carbocycles. The fourth-order valence-electron chi connectivity index (χ4n) is 6.65. The van der Waals surface area contributed by atoms with Crippen molar-refractivity contribution >= 4 is 57.9 Å². The van der Waals surface area contributed by atoms with Crippen molar-refractivity contribution in [3.8, 4) is 22.6 Å². The van der Waals surface area contributed by atoms with Crippen LogP contribution in [0.25, 0.3) is 22.2 Å². The summed E-state index contributed by atoms with van der Waals surface area (Å²) < 4.78 is 13.0. The van der Waals surface area contributed by atoms with Gasteiger partial charge in [-0.15, -0.1) is 0 Å². The van der Waals surface area contributed by atoms with Gasteiger partial charge in [-0.3, -0.25) is 14.2 Å². The third-order valence-electron chi connectivity index (χ3n) is 9.41. The Morgan fingerprint density at radius 3 is 2.45 bits per heavy atom. The molecule has 0 aliphatic carbocycles. The van der Waals surface area contributed by atoms with Crippen molar-refractivity contribution in [2.45, 2.75) is 25.8 Å². The molecule has 0 spiro atoms. The molecule has 0 fully saturated rings. The van der Waals surface area contributed by atoms with Gasteiger partial charge in [-0.25, -0.2) is 4.98 Å². The van der Waals surface area contributed by atoms with Crippen LogP contribution in [0, 0.1) is 10.1 Å². The molecule has 1 atom stereocenters. The normalized spacial score (nSPS) is 13.4. The van der Waals surface area contributed by atoms with Crippen LogP contribution in [-0.2, 0) is 11.2 Å². The molecule has 6 rings (SSSR count). The lowest BCUT2D eigenvalue weighted by atomic mass is 10.00. The second-order valence-corrected chi connectivity index (χ2v) is 14.7. The van der Waals surface area contributed by atoms with E-state index in [1.807, 2.05) is 75.6 Å². The number of benzene rings is 3. The highest BCUT2D eigenvalue weighted by molar-refractivity contribution is 6.41. The number of allylic oxidation sites excluding steroid dienone is 1. The molecule has 5 aromatic rings. The first-order valence-electron chi connectivity index (χ1n) is 17.6. The quantitative estimate of drug-likeness (QED) is 0.0484. The maximum atomic E-state index is 14.8. The lowest BCUT2D eigenvalue weighted by Crippen LogP contribution is -2.41. The Hall–Kier alpha value is -5.89. The topological polar surface area (TPSA) is 151 Å². The first-order valence-corrected chi connectivity index (χ1v) is 18.4. The smallest absolute Gasteiger partial charge is 0.368 e. The highest BCUT2D eigenvalue weighted by Crippen LogP contribution is 2.45. The third kappa shape index (κ3) is 8.65. The van der Waals surface area contributed by atoms with Crippen LogP contribution < -0.4 is 20.3 Å². The number of aromatic nitrogens is 3. The molecule has 0 bridgehead atoms. The molecule has 1 aliphatic rings. The summed E-state index contributed by atoms with van der Waals surface area (Å²) in [5, 5.41) is 15.4. The molecule has 0 amide bonds. The third-order valence-corrected chi connectivity index (χ3v) is 10.2. The summed E-state index contributed by atoms with van der Waals surface area (Å²) in [5.74, 6) is 0.626. The molecule has 56 heavy (non-hydrogen) atoms. The van der Waals surface area contributed by atoms with Gasteiger partial charge in [-0.1, -0.05) is 70.7 Å². The number of carbonyl (C=O) groups excluding carboxylic acids is 1. The molecule has 1 unspecified atom stereocenters. The van der Waals surface area contributed by atoms with Crippen molar-refractivity contribution in [3.63, 3.8) is 0 Å². The van der Waals surface area contributed by atoms with E-state index in [2.05, 4.69) is 15.3 Å². The van der Waals surface area contributed by atoms with Crippen LogP contribution in [0.3, 0.4) is 0 Å². The Bertz CT molecular complexity index is 2450. The number of pyridine rings is 1. The fraction of sp³-hybridized carbons (Fsp3) is 0.244. The summed E-state index contributed by atoms with van der Waals surface area (Å²) in [6, 6.07) is 19.5. The standard InChI is InChI=1S/C41H39Cl2N7O6/c1-25(27-12-9-11-26(19-27)20-31(51)15-10-18-50(2,3)24-28-16-17-44-38(28)49(53)54)48-39-29(23-45-41(47-39)46-30-13-7-6-8-14-30)21-32(40(48)52)35-36(42)33(55-4)22-34(56-5)37(35)43/h6-15,17,19,21-23,25H,16,18,20,24H2,1-5H3/p+1/b15-10+. The van der Waals surface area contributed by atoms with E-state index in [9.17, 15) is 19.7 Å². The number of hydrogen-bond acceptors (Lipinski definition) is 10. The number of carbonyl (C=O) groups is 1. The van der Waals surface area contributed by atoms with Crippen LogP contribution >= 0.6 is 23.2 Å². The number of rotatable bonds is 15. The number of para-hydroxylation sites is 1. The van der Waals surface area contributed by atoms with Crippen LogP contribution in [0.2, 0.25) is 10.0 Å². The molecule has 1 N–H and O–H groups in total. The number of halogens is 2. The van der Waals surface area contributed by atoms with E-state index in [1.54, 1.807) is 41.3 Å². The second-order valence-electron chi connectivity index (χ2n) is 13.9. The molecule has 13 nitrogen and oxygen atoms in total. The van der Waals surface area contributed by atoms with Crippen molar-refractivity contribution in [1.82, 2.24) is 14.5 Å².